The SMILES string of the molecule is O=C(Cc1ccc(F)c(Cl)c1)c1cc2ccccc2s1. The zero-order valence-electron chi connectivity index (χ0n) is 10.4. The second-order valence-corrected chi connectivity index (χ2v) is 5.99. The average Bonchev–Trinajstić information content (AvgIpc) is 2.87. The number of fused-ring (bicyclic) bond motifs is 1. The molecule has 0 saturated heterocycles. The molecule has 4 heteroatoms. The van der Waals surface area contributed by atoms with E-state index in [2.05, 4.69) is 0 Å². The first kappa shape index (κ1) is 13.3. The number of hydrogen-bond acceptors (Lipinski definition) is 2. The summed E-state index contributed by atoms with van der Waals surface area (Å²) < 4.78 is 14.2. The van der Waals surface area contributed by atoms with Crippen LogP contribution < -0.4 is 0 Å². The molecule has 3 aromatic rings. The Balaban J connectivity index is 1.86. The molecular formula is C16H10ClFOS. The van der Waals surface area contributed by atoms with E-state index >= 15 is 0 Å². The van der Waals surface area contributed by atoms with E-state index in [1.807, 2.05) is 30.3 Å². The fraction of sp³-hybridized carbons (Fsp3) is 0.0625. The largest absolute Gasteiger partial charge is 0.293 e. The number of hydrogen-bond donors (Lipinski definition) is 0. The van der Waals surface area contributed by atoms with Gasteiger partial charge in [-0.15, -0.1) is 11.3 Å². The van der Waals surface area contributed by atoms with Crippen LogP contribution in [-0.2, 0) is 6.42 Å². The van der Waals surface area contributed by atoms with Gasteiger partial charge in [0.15, 0.2) is 5.78 Å². The molecule has 100 valence electrons. The fourth-order valence-electron chi connectivity index (χ4n) is 2.04. The smallest absolute Gasteiger partial charge is 0.177 e. The van der Waals surface area contributed by atoms with Gasteiger partial charge in [-0.1, -0.05) is 35.9 Å². The number of ketones is 1. The number of carbonyl (C=O) groups is 1. The van der Waals surface area contributed by atoms with E-state index in [-0.39, 0.29) is 17.2 Å². The van der Waals surface area contributed by atoms with Crippen molar-refractivity contribution in [3.8, 4) is 0 Å². The topological polar surface area (TPSA) is 17.1 Å². The molecule has 1 nitrogen and oxygen atoms in total. The van der Waals surface area contributed by atoms with Crippen molar-refractivity contribution < 1.29 is 9.18 Å². The molecule has 1 heterocycles. The van der Waals surface area contributed by atoms with Gasteiger partial charge in [0.05, 0.1) is 9.90 Å². The Morgan fingerprint density at radius 1 is 1.15 bits per heavy atom. The van der Waals surface area contributed by atoms with Crippen LogP contribution in [0.25, 0.3) is 10.1 Å². The number of Topliss-reactive ketones (excluding diaryl/α,β-unsaturated/α-hetero) is 1. The van der Waals surface area contributed by atoms with Gasteiger partial charge in [-0.25, -0.2) is 4.39 Å². The van der Waals surface area contributed by atoms with Crippen LogP contribution >= 0.6 is 22.9 Å². The third kappa shape index (κ3) is 2.60. The molecule has 0 fully saturated rings. The van der Waals surface area contributed by atoms with Crippen LogP contribution in [0.1, 0.15) is 15.2 Å². The highest BCUT2D eigenvalue weighted by Crippen LogP contribution is 2.26. The van der Waals surface area contributed by atoms with Crippen molar-refractivity contribution in [2.24, 2.45) is 0 Å². The van der Waals surface area contributed by atoms with E-state index in [1.165, 1.54) is 23.5 Å². The summed E-state index contributed by atoms with van der Waals surface area (Å²) in [5, 5.41) is 1.12. The van der Waals surface area contributed by atoms with Gasteiger partial charge in [0.2, 0.25) is 0 Å². The molecular weight excluding hydrogens is 295 g/mol. The van der Waals surface area contributed by atoms with E-state index < -0.39 is 5.82 Å². The lowest BCUT2D eigenvalue weighted by molar-refractivity contribution is 0.0997. The maximum atomic E-state index is 13.1. The first-order valence-corrected chi connectivity index (χ1v) is 7.28. The van der Waals surface area contributed by atoms with Crippen LogP contribution in [0.4, 0.5) is 4.39 Å². The van der Waals surface area contributed by atoms with Crippen molar-refractivity contribution in [3.05, 3.63) is 69.8 Å². The van der Waals surface area contributed by atoms with Crippen molar-refractivity contribution in [3.63, 3.8) is 0 Å². The van der Waals surface area contributed by atoms with Crippen LogP contribution in [-0.4, -0.2) is 5.78 Å². The number of carbonyl (C=O) groups excluding carboxylic acids is 1. The van der Waals surface area contributed by atoms with Crippen molar-refractivity contribution in [2.75, 3.05) is 0 Å². The van der Waals surface area contributed by atoms with Gasteiger partial charge < -0.3 is 0 Å². The molecule has 0 aliphatic carbocycles. The summed E-state index contributed by atoms with van der Waals surface area (Å²) in [5.74, 6) is -0.446. The van der Waals surface area contributed by atoms with Crippen molar-refractivity contribution >= 4 is 38.8 Å². The zero-order valence-corrected chi connectivity index (χ0v) is 12.0. The lowest BCUT2D eigenvalue weighted by Gasteiger charge is -2.01. The van der Waals surface area contributed by atoms with Gasteiger partial charge in [0.25, 0.3) is 0 Å². The van der Waals surface area contributed by atoms with Crippen molar-refractivity contribution in [1.29, 1.82) is 0 Å². The van der Waals surface area contributed by atoms with E-state index in [0.717, 1.165) is 15.6 Å². The van der Waals surface area contributed by atoms with Crippen molar-refractivity contribution in [2.45, 2.75) is 6.42 Å². The Morgan fingerprint density at radius 2 is 1.95 bits per heavy atom. The summed E-state index contributed by atoms with van der Waals surface area (Å²) in [6, 6.07) is 14.1. The lowest BCUT2D eigenvalue weighted by Crippen LogP contribution is -2.01. The van der Waals surface area contributed by atoms with Crippen LogP contribution in [0.2, 0.25) is 5.02 Å². The summed E-state index contributed by atoms with van der Waals surface area (Å²) in [4.78, 5) is 13.0. The summed E-state index contributed by atoms with van der Waals surface area (Å²) in [5.41, 5.74) is 0.721. The molecule has 0 radical (unpaired) electrons. The van der Waals surface area contributed by atoms with Gasteiger partial charge in [-0.05, 0) is 35.2 Å². The van der Waals surface area contributed by atoms with Gasteiger partial charge >= 0.3 is 0 Å². The third-order valence-electron chi connectivity index (χ3n) is 3.05. The van der Waals surface area contributed by atoms with E-state index in [1.54, 1.807) is 6.07 Å². The molecule has 2 aromatic carbocycles. The molecule has 0 atom stereocenters. The van der Waals surface area contributed by atoms with Crippen LogP contribution in [0.15, 0.2) is 48.5 Å². The Bertz CT molecular complexity index is 761. The van der Waals surface area contributed by atoms with E-state index in [4.69, 9.17) is 11.6 Å². The highest BCUT2D eigenvalue weighted by atomic mass is 35.5. The quantitative estimate of drug-likeness (QED) is 0.614. The minimum Gasteiger partial charge on any atom is -0.293 e. The van der Waals surface area contributed by atoms with Crippen LogP contribution in [0.3, 0.4) is 0 Å². The Labute approximate surface area is 124 Å². The minimum atomic E-state index is -0.468. The molecule has 20 heavy (non-hydrogen) atoms. The Morgan fingerprint density at radius 3 is 2.70 bits per heavy atom. The van der Waals surface area contributed by atoms with Gasteiger partial charge in [0, 0.05) is 11.1 Å². The lowest BCUT2D eigenvalue weighted by atomic mass is 10.1. The summed E-state index contributed by atoms with van der Waals surface area (Å²) in [7, 11) is 0. The summed E-state index contributed by atoms with van der Waals surface area (Å²) in [6.07, 6.45) is 0.229. The van der Waals surface area contributed by atoms with Crippen LogP contribution in [0, 0.1) is 5.82 Å². The summed E-state index contributed by atoms with van der Waals surface area (Å²) in [6.45, 7) is 0. The molecule has 0 bridgehead atoms. The Kier molecular flexibility index (Phi) is 3.55. The molecule has 1 aromatic heterocycles. The van der Waals surface area contributed by atoms with E-state index in [9.17, 15) is 9.18 Å². The molecule has 0 amide bonds. The van der Waals surface area contributed by atoms with Crippen molar-refractivity contribution in [1.82, 2.24) is 0 Å². The number of benzene rings is 2. The van der Waals surface area contributed by atoms with E-state index in [0.29, 0.717) is 4.88 Å². The third-order valence-corrected chi connectivity index (χ3v) is 4.50. The maximum Gasteiger partial charge on any atom is 0.177 e. The normalized spacial score (nSPS) is 10.9. The fourth-order valence-corrected chi connectivity index (χ4v) is 3.24. The summed E-state index contributed by atoms with van der Waals surface area (Å²) >= 11 is 7.20. The maximum absolute atomic E-state index is 13.1. The first-order valence-electron chi connectivity index (χ1n) is 6.09. The standard InChI is InChI=1S/C16H10ClFOS/c17-12-7-10(5-6-13(12)18)8-14(19)16-9-11-3-1-2-4-15(11)20-16/h1-7,9H,8H2. The second-order valence-electron chi connectivity index (χ2n) is 4.50. The molecule has 0 saturated carbocycles. The number of halogens is 2. The first-order chi connectivity index (χ1) is 9.63. The predicted molar refractivity (Wildman–Crippen MR) is 81.3 cm³/mol. The van der Waals surface area contributed by atoms with Gasteiger partial charge in [-0.3, -0.25) is 4.79 Å². The molecule has 0 aliphatic rings. The monoisotopic (exact) mass is 304 g/mol. The minimum absolute atomic E-state index is 0.0221. The number of rotatable bonds is 3. The molecule has 0 spiro atoms. The highest BCUT2D eigenvalue weighted by Gasteiger charge is 2.12. The Hall–Kier alpha value is -1.71. The molecule has 3 rings (SSSR count). The second kappa shape index (κ2) is 5.35. The highest BCUT2D eigenvalue weighted by molar-refractivity contribution is 7.20. The average molecular weight is 305 g/mol. The molecule has 0 aliphatic heterocycles. The zero-order chi connectivity index (χ0) is 14.1. The van der Waals surface area contributed by atoms with Gasteiger partial charge in [-0.2, -0.15) is 0 Å². The van der Waals surface area contributed by atoms with Gasteiger partial charge in [0.1, 0.15) is 5.82 Å². The predicted octanol–water partition coefficient (Wildman–Crippen LogP) is 5.12. The molecule has 0 N–H and O–H groups in total. The number of thiophene rings is 1. The molecule has 0 unspecified atom stereocenters. The van der Waals surface area contributed by atoms with Crippen LogP contribution in [0.5, 0.6) is 0 Å².